The van der Waals surface area contributed by atoms with Gasteiger partial charge in [-0.15, -0.1) is 0 Å². The highest BCUT2D eigenvalue weighted by molar-refractivity contribution is 7.08. The Morgan fingerprint density at radius 3 is 0.469 bits per heavy atom. The van der Waals surface area contributed by atoms with Crippen molar-refractivity contribution in [2.75, 3.05) is 0 Å². The standard InChI is InChI=1S/2C12H10.3C6H6O.3C6H8S.4C3H8.3CH4/c2*1-3-7-11(8-4-1)12-9-5-2-6-10-12;3*7-6-4-2-1-3-5-6;3*1-2-6-3-4-7-5-6;4*1-3-2;;;/h2*1-10H;3*1-5,7H;3*3-5H,2H2,1H3;4*3H2,1-2H3;3*1H4. The second-order valence-electron chi connectivity index (χ2n) is 16.8. The Kier molecular flexibility index (Phi) is 65.3. The summed E-state index contributed by atoms with van der Waals surface area (Å²) in [6.45, 7) is 23.5. The molecule has 0 fully saturated rings. The largest absolute Gasteiger partial charge is 0.508 e. The first-order valence-electron chi connectivity index (χ1n) is 27.5. The van der Waals surface area contributed by atoms with E-state index in [2.05, 4.69) is 224 Å². The van der Waals surface area contributed by atoms with E-state index in [1.54, 1.807) is 107 Å². The fourth-order valence-electron chi connectivity index (χ4n) is 5.29. The van der Waals surface area contributed by atoms with Gasteiger partial charge in [-0.3, -0.25) is 0 Å². The van der Waals surface area contributed by atoms with Crippen LogP contribution in [0.5, 0.6) is 17.2 Å². The molecule has 3 heterocycles. The molecule has 0 atom stereocenters. The van der Waals surface area contributed by atoms with Gasteiger partial charge in [-0.25, -0.2) is 0 Å². The molecule has 0 radical (unpaired) electrons. The third-order valence-electron chi connectivity index (χ3n) is 9.00. The van der Waals surface area contributed by atoms with Crippen LogP contribution < -0.4 is 0 Å². The van der Waals surface area contributed by atoms with Gasteiger partial charge in [0.1, 0.15) is 17.2 Å². The third-order valence-corrected chi connectivity index (χ3v) is 11.2. The van der Waals surface area contributed by atoms with Crippen molar-refractivity contribution in [1.29, 1.82) is 0 Å². The number of hydrogen-bond donors (Lipinski definition) is 3. The molecule has 3 nitrogen and oxygen atoms in total. The van der Waals surface area contributed by atoms with Crippen LogP contribution >= 0.6 is 34.0 Å². The van der Waals surface area contributed by atoms with Crippen LogP contribution in [-0.2, 0) is 19.3 Å². The number of benzene rings is 7. The molecule has 0 aliphatic carbocycles. The Morgan fingerprint density at radius 2 is 0.383 bits per heavy atom. The number of hydrogen-bond acceptors (Lipinski definition) is 6. The molecule has 3 N–H and O–H groups in total. The molecule has 10 rings (SSSR count). The topological polar surface area (TPSA) is 60.7 Å². The Hall–Kier alpha value is -6.96. The van der Waals surface area contributed by atoms with Gasteiger partial charge in [-0.1, -0.05) is 300 Å². The van der Waals surface area contributed by atoms with Crippen molar-refractivity contribution in [2.45, 2.75) is 143 Å². The molecule has 0 aliphatic rings. The lowest BCUT2D eigenvalue weighted by Crippen LogP contribution is -1.73. The van der Waals surface area contributed by atoms with Gasteiger partial charge < -0.3 is 15.3 Å². The molecule has 0 saturated heterocycles. The summed E-state index contributed by atoms with van der Waals surface area (Å²) in [5.74, 6) is 0.965. The van der Waals surface area contributed by atoms with E-state index in [1.807, 2.05) is 42.5 Å². The van der Waals surface area contributed by atoms with Crippen LogP contribution in [0.3, 0.4) is 0 Å². The van der Waals surface area contributed by atoms with E-state index in [9.17, 15) is 0 Å². The van der Waals surface area contributed by atoms with E-state index in [0.717, 1.165) is 0 Å². The predicted molar refractivity (Wildman–Crippen MR) is 373 cm³/mol. The highest BCUT2D eigenvalue weighted by Gasteiger charge is 1.93. The predicted octanol–water partition coefficient (Wildman–Crippen LogP) is 25.4. The van der Waals surface area contributed by atoms with Crippen molar-refractivity contribution in [3.05, 3.63) is 279 Å². The molecule has 442 valence electrons. The van der Waals surface area contributed by atoms with Crippen LogP contribution in [0.2, 0.25) is 0 Å². The van der Waals surface area contributed by atoms with Crippen LogP contribution in [0.15, 0.2) is 263 Å². The van der Waals surface area contributed by atoms with Gasteiger partial charge in [0.15, 0.2) is 0 Å². The Bertz CT molecular complexity index is 2250. The fraction of sp³-hybridized carbons (Fsp3) is 0.280. The quantitative estimate of drug-likeness (QED) is 0.161. The van der Waals surface area contributed by atoms with E-state index in [-0.39, 0.29) is 22.3 Å². The highest BCUT2D eigenvalue weighted by atomic mass is 32.1. The molecular weight excluding hydrogens is 1050 g/mol. The highest BCUT2D eigenvalue weighted by Crippen LogP contribution is 2.18. The lowest BCUT2D eigenvalue weighted by molar-refractivity contribution is 0.475. The van der Waals surface area contributed by atoms with Crippen molar-refractivity contribution in [2.24, 2.45) is 0 Å². The number of rotatable bonds is 5. The van der Waals surface area contributed by atoms with Crippen LogP contribution in [0.4, 0.5) is 0 Å². The number of aromatic hydroxyl groups is 3. The van der Waals surface area contributed by atoms with Crippen LogP contribution in [0, 0.1) is 0 Å². The lowest BCUT2D eigenvalue weighted by Gasteiger charge is -1.98. The Labute approximate surface area is 508 Å². The average molecular weight is 1150 g/mol. The van der Waals surface area contributed by atoms with Crippen molar-refractivity contribution in [3.8, 4) is 39.5 Å². The number of para-hydroxylation sites is 3. The number of phenols is 3. The third kappa shape index (κ3) is 52.2. The van der Waals surface area contributed by atoms with Gasteiger partial charge in [-0.2, -0.15) is 34.0 Å². The maximum atomic E-state index is 8.63. The summed E-state index contributed by atoms with van der Waals surface area (Å²) in [7, 11) is 0. The first-order chi connectivity index (χ1) is 38.1. The van der Waals surface area contributed by atoms with Gasteiger partial charge in [-0.05, 0) is 145 Å². The summed E-state index contributed by atoms with van der Waals surface area (Å²) in [4.78, 5) is 0. The molecule has 0 bridgehead atoms. The van der Waals surface area contributed by atoms with Crippen molar-refractivity contribution in [3.63, 3.8) is 0 Å². The summed E-state index contributed by atoms with van der Waals surface area (Å²) in [5, 5.41) is 38.8. The molecular formula is C75H106O3S3. The van der Waals surface area contributed by atoms with E-state index < -0.39 is 0 Å². The number of phenolic OH excluding ortho intramolecular Hbond substituents is 3. The second kappa shape index (κ2) is 63.9. The van der Waals surface area contributed by atoms with Crippen molar-refractivity contribution >= 4 is 34.0 Å². The zero-order chi connectivity index (χ0) is 58.0. The molecule has 81 heavy (non-hydrogen) atoms. The zero-order valence-electron chi connectivity index (χ0n) is 48.9. The summed E-state index contributed by atoms with van der Waals surface area (Å²) in [5.41, 5.74) is 9.45. The normalized spacial score (nSPS) is 8.38. The van der Waals surface area contributed by atoms with Crippen molar-refractivity contribution < 1.29 is 15.3 Å². The van der Waals surface area contributed by atoms with Crippen molar-refractivity contribution in [1.82, 2.24) is 0 Å². The van der Waals surface area contributed by atoms with E-state index in [0.29, 0.717) is 17.2 Å². The summed E-state index contributed by atoms with van der Waals surface area (Å²) < 4.78 is 0. The van der Waals surface area contributed by atoms with E-state index >= 15 is 0 Å². The van der Waals surface area contributed by atoms with Gasteiger partial charge in [0.2, 0.25) is 0 Å². The molecule has 7 aromatic carbocycles. The minimum atomic E-state index is 0. The van der Waals surface area contributed by atoms with Gasteiger partial charge in [0, 0.05) is 0 Å². The maximum absolute atomic E-state index is 8.63. The molecule has 10 aromatic rings. The number of aryl methyl sites for hydroxylation is 3. The first-order valence-corrected chi connectivity index (χ1v) is 30.4. The van der Waals surface area contributed by atoms with E-state index in [1.165, 1.54) is 83.9 Å². The molecule has 0 unspecified atom stereocenters. The van der Waals surface area contributed by atoms with E-state index in [4.69, 9.17) is 15.3 Å². The summed E-state index contributed by atoms with van der Waals surface area (Å²) >= 11 is 5.29. The minimum Gasteiger partial charge on any atom is -0.508 e. The molecule has 6 heteroatoms. The SMILES string of the molecule is C.C.C.CCC.CCC.CCC.CCC.CCc1ccsc1.CCc1ccsc1.CCc1ccsc1.Oc1ccccc1.Oc1ccccc1.Oc1ccccc1.c1ccc(-c2ccccc2)cc1.c1ccc(-c2ccccc2)cc1. The Morgan fingerprint density at radius 1 is 0.235 bits per heavy atom. The summed E-state index contributed by atoms with van der Waals surface area (Å²) in [6.07, 6.45) is 8.51. The smallest absolute Gasteiger partial charge is 0.115 e. The van der Waals surface area contributed by atoms with Gasteiger partial charge in [0.25, 0.3) is 0 Å². The minimum absolute atomic E-state index is 0. The van der Waals surface area contributed by atoms with Crippen LogP contribution in [-0.4, -0.2) is 15.3 Å². The van der Waals surface area contributed by atoms with Gasteiger partial charge in [0.05, 0.1) is 0 Å². The average Bonchev–Trinajstić information content (AvgIpc) is 4.34. The van der Waals surface area contributed by atoms with Crippen LogP contribution in [0.1, 0.15) is 141 Å². The first kappa shape index (κ1) is 82.9. The zero-order valence-corrected chi connectivity index (χ0v) is 51.4. The molecule has 0 spiro atoms. The van der Waals surface area contributed by atoms with Crippen LogP contribution in [0.25, 0.3) is 22.3 Å². The maximum Gasteiger partial charge on any atom is 0.115 e. The summed E-state index contributed by atoms with van der Waals surface area (Å²) in [6, 6.07) is 74.2. The Balaban J connectivity index is -0.000000265. The molecule has 0 amide bonds. The molecule has 0 aliphatic heterocycles. The van der Waals surface area contributed by atoms with Gasteiger partial charge >= 0.3 is 0 Å². The molecule has 3 aromatic heterocycles. The monoisotopic (exact) mass is 1150 g/mol. The second-order valence-corrected chi connectivity index (χ2v) is 19.1. The number of thiophene rings is 3. The fourth-order valence-corrected chi connectivity index (χ4v) is 7.54. The lowest BCUT2D eigenvalue weighted by atomic mass is 10.1. The molecule has 0 saturated carbocycles.